The van der Waals surface area contributed by atoms with Crippen LogP contribution in [0.25, 0.3) is 0 Å². The van der Waals surface area contributed by atoms with Gasteiger partial charge in [-0.05, 0) is 31.0 Å². The van der Waals surface area contributed by atoms with Crippen LogP contribution in [0.2, 0.25) is 30.2 Å². The molecule has 0 N–H and O–H groups in total. The van der Waals surface area contributed by atoms with Gasteiger partial charge in [-0.1, -0.05) is 53.6 Å². The Balaban J connectivity index is 3.63. The van der Waals surface area contributed by atoms with Crippen molar-refractivity contribution in [3.05, 3.63) is 0 Å². The molecule has 0 aromatic carbocycles. The fourth-order valence-electron chi connectivity index (χ4n) is 5.26. The molecule has 3 nitrogen and oxygen atoms in total. The van der Waals surface area contributed by atoms with Gasteiger partial charge in [0.15, 0.2) is 7.83 Å². The van der Waals surface area contributed by atoms with Gasteiger partial charge in [-0.3, -0.25) is 0 Å². The second-order valence-electron chi connectivity index (χ2n) is 6.82. The summed E-state index contributed by atoms with van der Waals surface area (Å²) in [6.45, 7) is 14.0. The molecule has 132 valence electrons. The summed E-state index contributed by atoms with van der Waals surface area (Å²) in [5.41, 5.74) is -0.00265. The third-order valence-electron chi connectivity index (χ3n) is 6.84. The summed E-state index contributed by atoms with van der Waals surface area (Å²) in [5.74, 6) is 0. The SMILES string of the molecule is CCC1(CC)C[Si](CC)(OC)[Si](CC)(CC)[Si](CC)(OC)O1. The van der Waals surface area contributed by atoms with Crippen molar-refractivity contribution in [1.82, 2.24) is 0 Å². The highest BCUT2D eigenvalue weighted by Crippen LogP contribution is 2.52. The standard InChI is InChI=1S/C16H38O3Si3/c1-9-16(10-2)15-20(11-3,17-7)21(12-4,13-5)22(14-6,18-8)19-16/h9-15H2,1-8H3. The Labute approximate surface area is 141 Å². The molecule has 1 aliphatic heterocycles. The van der Waals surface area contributed by atoms with Gasteiger partial charge < -0.3 is 13.3 Å². The van der Waals surface area contributed by atoms with Crippen LogP contribution in [0.4, 0.5) is 0 Å². The fourth-order valence-corrected chi connectivity index (χ4v) is 46.8. The first-order valence-electron chi connectivity index (χ1n) is 9.20. The Kier molecular flexibility index (Phi) is 7.12. The highest BCUT2D eigenvalue weighted by molar-refractivity contribution is 7.66. The molecule has 1 aliphatic rings. The topological polar surface area (TPSA) is 27.7 Å². The van der Waals surface area contributed by atoms with E-state index < -0.39 is 23.0 Å². The van der Waals surface area contributed by atoms with E-state index in [4.69, 9.17) is 13.3 Å². The molecule has 2 atom stereocenters. The van der Waals surface area contributed by atoms with E-state index in [0.29, 0.717) is 0 Å². The van der Waals surface area contributed by atoms with E-state index in [1.807, 2.05) is 14.2 Å². The zero-order valence-electron chi connectivity index (χ0n) is 16.2. The summed E-state index contributed by atoms with van der Waals surface area (Å²) in [6, 6.07) is 6.01. The maximum Gasteiger partial charge on any atom is 0.316 e. The van der Waals surface area contributed by atoms with Crippen LogP contribution in [-0.2, 0) is 13.3 Å². The third-order valence-corrected chi connectivity index (χ3v) is 43.5. The first-order valence-corrected chi connectivity index (χ1v) is 18.0. The smallest absolute Gasteiger partial charge is 0.316 e. The predicted molar refractivity (Wildman–Crippen MR) is 102 cm³/mol. The lowest BCUT2D eigenvalue weighted by atomic mass is 10.0. The molecule has 0 aromatic rings. The third kappa shape index (κ3) is 2.63. The molecule has 22 heavy (non-hydrogen) atoms. The van der Waals surface area contributed by atoms with Crippen LogP contribution in [0.3, 0.4) is 0 Å². The molecule has 1 rings (SSSR count). The molecule has 0 aliphatic carbocycles. The Morgan fingerprint density at radius 3 is 1.64 bits per heavy atom. The summed E-state index contributed by atoms with van der Waals surface area (Å²) in [5, 5.41) is 0. The molecule has 0 bridgehead atoms. The highest BCUT2D eigenvalue weighted by atomic mass is 29.7. The Hall–Kier alpha value is 0.531. The van der Waals surface area contributed by atoms with Crippen molar-refractivity contribution < 1.29 is 13.3 Å². The lowest BCUT2D eigenvalue weighted by Gasteiger charge is -2.62. The van der Waals surface area contributed by atoms with E-state index in [1.165, 1.54) is 24.2 Å². The summed E-state index contributed by atoms with van der Waals surface area (Å²) >= 11 is 0. The van der Waals surface area contributed by atoms with Gasteiger partial charge in [-0.25, -0.2) is 0 Å². The second-order valence-corrected chi connectivity index (χ2v) is 28.9. The van der Waals surface area contributed by atoms with Gasteiger partial charge in [0.05, 0.1) is 5.60 Å². The normalized spacial score (nSPS) is 33.8. The molecule has 0 saturated carbocycles. The van der Waals surface area contributed by atoms with Crippen molar-refractivity contribution in [2.75, 3.05) is 14.2 Å². The number of hydrogen-bond acceptors (Lipinski definition) is 3. The highest BCUT2D eigenvalue weighted by Gasteiger charge is 2.73. The summed E-state index contributed by atoms with van der Waals surface area (Å²) in [4.78, 5) is 0. The largest absolute Gasteiger partial charge is 0.423 e. The van der Waals surface area contributed by atoms with E-state index >= 15 is 0 Å². The van der Waals surface area contributed by atoms with Gasteiger partial charge in [0.25, 0.3) is 0 Å². The Bertz CT molecular complexity index is 321. The van der Waals surface area contributed by atoms with Crippen LogP contribution in [0.1, 0.15) is 54.4 Å². The molecular weight excluding hydrogens is 324 g/mol. The molecule has 6 heteroatoms. The van der Waals surface area contributed by atoms with Gasteiger partial charge in [0.2, 0.25) is 0 Å². The lowest BCUT2D eigenvalue weighted by molar-refractivity contribution is 0.0346. The van der Waals surface area contributed by atoms with Crippen LogP contribution >= 0.6 is 0 Å². The predicted octanol–water partition coefficient (Wildman–Crippen LogP) is 4.94. The van der Waals surface area contributed by atoms with Crippen LogP contribution in [0.5, 0.6) is 0 Å². The quantitative estimate of drug-likeness (QED) is 0.572. The monoisotopic (exact) mass is 362 g/mol. The van der Waals surface area contributed by atoms with Gasteiger partial charge in [0, 0.05) is 14.2 Å². The lowest BCUT2D eigenvalue weighted by Crippen LogP contribution is -2.85. The van der Waals surface area contributed by atoms with Crippen molar-refractivity contribution >= 4 is 23.0 Å². The van der Waals surface area contributed by atoms with Crippen molar-refractivity contribution in [3.63, 3.8) is 0 Å². The summed E-state index contributed by atoms with van der Waals surface area (Å²) in [6.07, 6.45) is 2.16. The van der Waals surface area contributed by atoms with Gasteiger partial charge >= 0.3 is 8.08 Å². The van der Waals surface area contributed by atoms with Crippen LogP contribution in [0.15, 0.2) is 0 Å². The molecule has 1 saturated heterocycles. The number of rotatable bonds is 8. The average molecular weight is 363 g/mol. The minimum Gasteiger partial charge on any atom is -0.423 e. The molecule has 0 radical (unpaired) electrons. The molecule has 0 amide bonds. The average Bonchev–Trinajstić information content (AvgIpc) is 2.60. The van der Waals surface area contributed by atoms with Gasteiger partial charge in [-0.2, -0.15) is 0 Å². The zero-order valence-corrected chi connectivity index (χ0v) is 19.2. The van der Waals surface area contributed by atoms with Crippen molar-refractivity contribution in [3.8, 4) is 0 Å². The minimum absolute atomic E-state index is 0.00265. The molecule has 1 heterocycles. The Morgan fingerprint density at radius 1 is 0.818 bits per heavy atom. The zero-order chi connectivity index (χ0) is 17.1. The fraction of sp³-hybridized carbons (Fsp3) is 1.00. The molecule has 1 fully saturated rings. The van der Waals surface area contributed by atoms with E-state index in [1.54, 1.807) is 0 Å². The van der Waals surface area contributed by atoms with E-state index in [9.17, 15) is 0 Å². The molecule has 0 aromatic heterocycles. The van der Waals surface area contributed by atoms with Gasteiger partial charge in [0.1, 0.15) is 7.11 Å². The van der Waals surface area contributed by atoms with Crippen LogP contribution in [-0.4, -0.2) is 42.8 Å². The Morgan fingerprint density at radius 2 is 1.36 bits per heavy atom. The maximum atomic E-state index is 7.05. The number of hydrogen-bond donors (Lipinski definition) is 0. The minimum atomic E-state index is -2.19. The van der Waals surface area contributed by atoms with E-state index in [0.717, 1.165) is 18.9 Å². The van der Waals surface area contributed by atoms with Crippen molar-refractivity contribution in [2.45, 2.75) is 90.2 Å². The van der Waals surface area contributed by atoms with Gasteiger partial charge in [-0.15, -0.1) is 0 Å². The van der Waals surface area contributed by atoms with Crippen molar-refractivity contribution in [1.29, 1.82) is 0 Å². The molecular formula is C16H38O3Si3. The van der Waals surface area contributed by atoms with Crippen molar-refractivity contribution in [2.24, 2.45) is 0 Å². The first-order chi connectivity index (χ1) is 10.4. The van der Waals surface area contributed by atoms with Crippen LogP contribution in [0, 0.1) is 0 Å². The molecule has 2 unspecified atom stereocenters. The first kappa shape index (κ1) is 20.6. The van der Waals surface area contributed by atoms with E-state index in [2.05, 4.69) is 41.5 Å². The summed E-state index contributed by atoms with van der Waals surface area (Å²) in [7, 11) is -1.78. The maximum absolute atomic E-state index is 7.05. The second kappa shape index (κ2) is 7.61. The van der Waals surface area contributed by atoms with Crippen LogP contribution < -0.4 is 0 Å². The molecule has 0 spiro atoms. The van der Waals surface area contributed by atoms with E-state index in [-0.39, 0.29) is 5.60 Å². The summed E-state index contributed by atoms with van der Waals surface area (Å²) < 4.78 is 19.9.